The number of hydrogen-bond donors (Lipinski definition) is 1. The van der Waals surface area contributed by atoms with Crippen LogP contribution in [-0.4, -0.2) is 27.3 Å². The van der Waals surface area contributed by atoms with Crippen LogP contribution in [0.2, 0.25) is 0 Å². The third kappa shape index (κ3) is 4.37. The molecule has 0 spiro atoms. The van der Waals surface area contributed by atoms with Crippen LogP contribution < -0.4 is 10.1 Å². The van der Waals surface area contributed by atoms with E-state index in [0.29, 0.717) is 17.0 Å². The number of hydrogen-bond acceptors (Lipinski definition) is 4. The van der Waals surface area contributed by atoms with E-state index in [1.807, 2.05) is 6.92 Å². The van der Waals surface area contributed by atoms with Gasteiger partial charge in [0.2, 0.25) is 5.91 Å². The van der Waals surface area contributed by atoms with E-state index in [0.717, 1.165) is 5.82 Å². The van der Waals surface area contributed by atoms with E-state index in [-0.39, 0.29) is 18.2 Å². The molecule has 1 N–H and O–H groups in total. The fourth-order valence-corrected chi connectivity index (χ4v) is 2.09. The summed E-state index contributed by atoms with van der Waals surface area (Å²) in [6, 6.07) is 6.32. The monoisotopic (exact) mass is 336 g/mol. The number of rotatable bonds is 6. The van der Waals surface area contributed by atoms with Gasteiger partial charge in [-0.1, -0.05) is 18.2 Å². The molecule has 0 aliphatic heterocycles. The first-order chi connectivity index (χ1) is 11.4. The first-order valence-corrected chi connectivity index (χ1v) is 7.23. The maximum absolute atomic E-state index is 12.4. The van der Waals surface area contributed by atoms with Gasteiger partial charge in [-0.2, -0.15) is 8.78 Å². The summed E-state index contributed by atoms with van der Waals surface area (Å²) in [4.78, 5) is 12.0. The third-order valence-electron chi connectivity index (χ3n) is 3.48. The predicted octanol–water partition coefficient (Wildman–Crippen LogP) is 2.44. The summed E-state index contributed by atoms with van der Waals surface area (Å²) in [5.74, 6) is 1.02. The summed E-state index contributed by atoms with van der Waals surface area (Å²) in [6.45, 7) is 0.754. The van der Waals surface area contributed by atoms with Crippen LogP contribution in [0.3, 0.4) is 0 Å². The second-order valence-corrected chi connectivity index (χ2v) is 5.14. The highest BCUT2D eigenvalue weighted by Gasteiger charge is 2.11. The molecule has 0 saturated heterocycles. The number of allylic oxidation sites excluding steroid dienone is 1. The van der Waals surface area contributed by atoms with Gasteiger partial charge in [-0.3, -0.25) is 4.79 Å². The maximum Gasteiger partial charge on any atom is 0.387 e. The molecule has 0 atom stereocenters. The predicted molar refractivity (Wildman–Crippen MR) is 84.3 cm³/mol. The highest BCUT2D eigenvalue weighted by Crippen LogP contribution is 2.26. The van der Waals surface area contributed by atoms with Crippen LogP contribution >= 0.6 is 0 Å². The van der Waals surface area contributed by atoms with Crippen molar-refractivity contribution in [2.75, 3.05) is 0 Å². The molecule has 0 aliphatic carbocycles. The van der Waals surface area contributed by atoms with E-state index < -0.39 is 6.61 Å². The lowest BCUT2D eigenvalue weighted by molar-refractivity contribution is -0.116. The summed E-state index contributed by atoms with van der Waals surface area (Å²) >= 11 is 0. The van der Waals surface area contributed by atoms with E-state index in [1.165, 1.54) is 12.1 Å². The number of carbonyl (C=O) groups is 1. The lowest BCUT2D eigenvalue weighted by Gasteiger charge is -2.11. The zero-order valence-electron chi connectivity index (χ0n) is 13.6. The summed E-state index contributed by atoms with van der Waals surface area (Å²) in [6.07, 6.45) is 1.33. The molecule has 24 heavy (non-hydrogen) atoms. The number of para-hydroxylation sites is 1. The van der Waals surface area contributed by atoms with Crippen molar-refractivity contribution >= 4 is 11.5 Å². The fraction of sp³-hybridized carbons (Fsp3) is 0.312. The van der Waals surface area contributed by atoms with Crippen LogP contribution in [0.4, 0.5) is 8.78 Å². The lowest BCUT2D eigenvalue weighted by Crippen LogP contribution is -2.22. The molecule has 1 aromatic carbocycles. The SMILES string of the molecule is C/C(=C\C(=O)NCc1nnc(C)n1C)c1ccccc1OC(F)F. The van der Waals surface area contributed by atoms with Crippen molar-refractivity contribution in [3.8, 4) is 5.75 Å². The van der Waals surface area contributed by atoms with Gasteiger partial charge in [-0.25, -0.2) is 0 Å². The van der Waals surface area contributed by atoms with Gasteiger partial charge in [-0.05, 0) is 25.5 Å². The molecule has 6 nitrogen and oxygen atoms in total. The first-order valence-electron chi connectivity index (χ1n) is 7.23. The highest BCUT2D eigenvalue weighted by molar-refractivity contribution is 5.95. The number of amides is 1. The number of benzene rings is 1. The minimum Gasteiger partial charge on any atom is -0.434 e. The van der Waals surface area contributed by atoms with Crippen LogP contribution in [0.15, 0.2) is 30.3 Å². The van der Waals surface area contributed by atoms with Crippen molar-refractivity contribution in [2.45, 2.75) is 27.0 Å². The average molecular weight is 336 g/mol. The number of alkyl halides is 2. The van der Waals surface area contributed by atoms with Crippen molar-refractivity contribution in [1.82, 2.24) is 20.1 Å². The summed E-state index contributed by atoms with van der Waals surface area (Å²) < 4.78 is 31.1. The van der Waals surface area contributed by atoms with Gasteiger partial charge in [0.15, 0.2) is 5.82 Å². The second-order valence-electron chi connectivity index (χ2n) is 5.14. The molecule has 0 bridgehead atoms. The molecule has 0 unspecified atom stereocenters. The minimum atomic E-state index is -2.92. The number of aryl methyl sites for hydroxylation is 1. The standard InChI is InChI=1S/C16H18F2N4O2/c1-10(12-6-4-5-7-13(12)24-16(17)18)8-15(23)19-9-14-21-20-11(2)22(14)3/h4-8,16H,9H2,1-3H3,(H,19,23)/b10-8+. The van der Waals surface area contributed by atoms with Crippen LogP contribution in [0, 0.1) is 6.92 Å². The second kappa shape index (κ2) is 7.67. The van der Waals surface area contributed by atoms with Gasteiger partial charge in [0.1, 0.15) is 11.6 Å². The first kappa shape index (κ1) is 17.6. The van der Waals surface area contributed by atoms with Crippen LogP contribution in [-0.2, 0) is 18.4 Å². The molecule has 1 aromatic heterocycles. The van der Waals surface area contributed by atoms with Crippen molar-refractivity contribution in [2.24, 2.45) is 7.05 Å². The van der Waals surface area contributed by atoms with Crippen molar-refractivity contribution < 1.29 is 18.3 Å². The summed E-state index contributed by atoms with van der Waals surface area (Å²) in [5.41, 5.74) is 0.945. The molecule has 0 aliphatic rings. The summed E-state index contributed by atoms with van der Waals surface area (Å²) in [7, 11) is 1.80. The van der Waals surface area contributed by atoms with Crippen molar-refractivity contribution in [3.05, 3.63) is 47.6 Å². The zero-order valence-corrected chi connectivity index (χ0v) is 13.6. The minimum absolute atomic E-state index is 0.0259. The Morgan fingerprint density at radius 2 is 2.08 bits per heavy atom. The van der Waals surface area contributed by atoms with Gasteiger partial charge in [0.05, 0.1) is 6.54 Å². The molecule has 2 rings (SSSR count). The highest BCUT2D eigenvalue weighted by atomic mass is 19.3. The quantitative estimate of drug-likeness (QED) is 0.823. The molecule has 1 heterocycles. The van der Waals surface area contributed by atoms with Gasteiger partial charge in [0.25, 0.3) is 0 Å². The number of halogens is 2. The molecule has 8 heteroatoms. The van der Waals surface area contributed by atoms with Gasteiger partial charge in [0, 0.05) is 18.7 Å². The normalized spacial score (nSPS) is 11.7. The number of nitrogens with zero attached hydrogens (tertiary/aromatic N) is 3. The van der Waals surface area contributed by atoms with Crippen molar-refractivity contribution in [3.63, 3.8) is 0 Å². The van der Waals surface area contributed by atoms with Crippen LogP contribution in [0.5, 0.6) is 5.75 Å². The molecule has 128 valence electrons. The smallest absolute Gasteiger partial charge is 0.387 e. The summed E-state index contributed by atoms with van der Waals surface area (Å²) in [5, 5.41) is 10.5. The Morgan fingerprint density at radius 3 is 2.71 bits per heavy atom. The Balaban J connectivity index is 2.07. The van der Waals surface area contributed by atoms with E-state index in [1.54, 1.807) is 36.7 Å². The van der Waals surface area contributed by atoms with E-state index in [9.17, 15) is 13.6 Å². The van der Waals surface area contributed by atoms with E-state index in [2.05, 4.69) is 20.3 Å². The van der Waals surface area contributed by atoms with E-state index in [4.69, 9.17) is 0 Å². The van der Waals surface area contributed by atoms with E-state index >= 15 is 0 Å². The van der Waals surface area contributed by atoms with Crippen LogP contribution in [0.25, 0.3) is 5.57 Å². The maximum atomic E-state index is 12.4. The number of ether oxygens (including phenoxy) is 1. The molecule has 0 fully saturated rings. The Morgan fingerprint density at radius 1 is 1.38 bits per heavy atom. The molecule has 0 radical (unpaired) electrons. The molecule has 1 amide bonds. The van der Waals surface area contributed by atoms with Gasteiger partial charge >= 0.3 is 6.61 Å². The van der Waals surface area contributed by atoms with Crippen LogP contribution in [0.1, 0.15) is 24.1 Å². The van der Waals surface area contributed by atoms with Gasteiger partial charge < -0.3 is 14.6 Å². The Kier molecular flexibility index (Phi) is 5.62. The Bertz CT molecular complexity index is 756. The van der Waals surface area contributed by atoms with Crippen molar-refractivity contribution in [1.29, 1.82) is 0 Å². The average Bonchev–Trinajstić information content (AvgIpc) is 2.84. The molecule has 0 saturated carbocycles. The number of aromatic nitrogens is 3. The Labute approximate surface area is 138 Å². The Hall–Kier alpha value is -2.77. The van der Waals surface area contributed by atoms with Gasteiger partial charge in [-0.15, -0.1) is 10.2 Å². The molecular weight excluding hydrogens is 318 g/mol. The zero-order chi connectivity index (χ0) is 17.7. The largest absolute Gasteiger partial charge is 0.434 e. The molecular formula is C16H18F2N4O2. The molecule has 2 aromatic rings. The topological polar surface area (TPSA) is 69.0 Å². The third-order valence-corrected chi connectivity index (χ3v) is 3.48. The number of carbonyl (C=O) groups excluding carboxylic acids is 1. The fourth-order valence-electron chi connectivity index (χ4n) is 2.09. The lowest BCUT2D eigenvalue weighted by atomic mass is 10.1. The number of nitrogens with one attached hydrogen (secondary N) is 1.